The van der Waals surface area contributed by atoms with Crippen molar-refractivity contribution in [2.45, 2.75) is 32.9 Å². The van der Waals surface area contributed by atoms with Crippen molar-refractivity contribution >= 4 is 27.7 Å². The predicted octanol–water partition coefficient (Wildman–Crippen LogP) is 2.16. The summed E-state index contributed by atoms with van der Waals surface area (Å²) < 4.78 is 28.2. The van der Waals surface area contributed by atoms with Gasteiger partial charge in [0.2, 0.25) is 11.8 Å². The van der Waals surface area contributed by atoms with Crippen LogP contribution in [0.1, 0.15) is 24.5 Å². The van der Waals surface area contributed by atoms with Crippen molar-refractivity contribution in [3.63, 3.8) is 0 Å². The highest BCUT2D eigenvalue weighted by atomic mass is 32.2. The molecule has 2 rings (SSSR count). The molecule has 0 aliphatic carbocycles. The van der Waals surface area contributed by atoms with Crippen molar-refractivity contribution in [3.8, 4) is 0 Å². The third-order valence-corrected chi connectivity index (χ3v) is 6.95. The monoisotopic (exact) mass is 460 g/mol. The topological polar surface area (TPSA) is 90.0 Å². The van der Waals surface area contributed by atoms with Gasteiger partial charge in [0.15, 0.2) is 0 Å². The molecule has 174 valence electrons. The number of aryl methyl sites for hydroxylation is 1. The number of hydrogen-bond donors (Lipinski definition) is 1. The number of nitrogens with one attached hydrogen (secondary N) is 1. The summed E-state index contributed by atoms with van der Waals surface area (Å²) in [6, 6.07) is 15.4. The molecule has 0 saturated heterocycles. The smallest absolute Gasteiger partial charge is 0.304 e. The van der Waals surface area contributed by atoms with E-state index in [1.807, 2.05) is 38.1 Å². The lowest BCUT2D eigenvalue weighted by Crippen LogP contribution is -2.52. The molecule has 0 aliphatic heterocycles. The molecule has 0 aromatic heterocycles. The number of rotatable bonds is 10. The molecule has 9 heteroatoms. The summed E-state index contributed by atoms with van der Waals surface area (Å²) in [6.45, 7) is 3.54. The van der Waals surface area contributed by atoms with Gasteiger partial charge >= 0.3 is 10.2 Å². The standard InChI is InChI=1S/C23H32N4O4S/c1-6-21(23(29)24-3)26(16-19-12-10-11-18(2)15-19)22(28)17-27(32(30,31)25(4)5)20-13-8-7-9-14-20/h7-15,21H,6,16-17H2,1-5H3,(H,24,29)/t21-/m0/s1. The highest BCUT2D eigenvalue weighted by Crippen LogP contribution is 2.21. The Morgan fingerprint density at radius 2 is 1.69 bits per heavy atom. The molecular formula is C23H32N4O4S. The number of carbonyl (C=O) groups is 2. The first-order chi connectivity index (χ1) is 15.1. The van der Waals surface area contributed by atoms with Crippen LogP contribution in [-0.2, 0) is 26.3 Å². The van der Waals surface area contributed by atoms with Crippen molar-refractivity contribution in [3.05, 3.63) is 65.7 Å². The summed E-state index contributed by atoms with van der Waals surface area (Å²) in [6.07, 6.45) is 0.392. The number of carbonyl (C=O) groups excluding carboxylic acids is 2. The molecule has 0 heterocycles. The van der Waals surface area contributed by atoms with Gasteiger partial charge < -0.3 is 10.2 Å². The normalized spacial score (nSPS) is 12.3. The number of amides is 2. The van der Waals surface area contributed by atoms with Gasteiger partial charge in [-0.3, -0.25) is 9.59 Å². The summed E-state index contributed by atoms with van der Waals surface area (Å²) in [4.78, 5) is 27.5. The maximum absolute atomic E-state index is 13.5. The van der Waals surface area contributed by atoms with Crippen LogP contribution in [0, 0.1) is 6.92 Å². The molecule has 1 N–H and O–H groups in total. The van der Waals surface area contributed by atoms with Crippen LogP contribution in [0.5, 0.6) is 0 Å². The van der Waals surface area contributed by atoms with Crippen LogP contribution in [0.15, 0.2) is 54.6 Å². The Hall–Kier alpha value is -2.91. The fraction of sp³-hybridized carbons (Fsp3) is 0.391. The van der Waals surface area contributed by atoms with Crippen LogP contribution in [0.3, 0.4) is 0 Å². The Labute approximate surface area is 191 Å². The van der Waals surface area contributed by atoms with Crippen LogP contribution in [0.25, 0.3) is 0 Å². The number of anilines is 1. The Balaban J connectivity index is 2.46. The predicted molar refractivity (Wildman–Crippen MR) is 126 cm³/mol. The van der Waals surface area contributed by atoms with Crippen LogP contribution in [-0.4, -0.2) is 63.2 Å². The number of likely N-dealkylation sites (N-methyl/N-ethyl adjacent to an activating group) is 1. The average molecular weight is 461 g/mol. The quantitative estimate of drug-likeness (QED) is 0.588. The Bertz CT molecular complexity index is 1030. The van der Waals surface area contributed by atoms with Crippen molar-refractivity contribution in [2.24, 2.45) is 0 Å². The van der Waals surface area contributed by atoms with Gasteiger partial charge in [0, 0.05) is 27.7 Å². The molecule has 32 heavy (non-hydrogen) atoms. The summed E-state index contributed by atoms with van der Waals surface area (Å²) in [5.41, 5.74) is 2.27. The number of benzene rings is 2. The van der Waals surface area contributed by atoms with E-state index >= 15 is 0 Å². The summed E-state index contributed by atoms with van der Waals surface area (Å²) in [5.74, 6) is -0.758. The van der Waals surface area contributed by atoms with Gasteiger partial charge in [-0.1, -0.05) is 55.0 Å². The summed E-state index contributed by atoms with van der Waals surface area (Å²) in [5, 5.41) is 2.61. The summed E-state index contributed by atoms with van der Waals surface area (Å²) in [7, 11) is 0.414. The van der Waals surface area contributed by atoms with Gasteiger partial charge in [-0.15, -0.1) is 0 Å². The largest absolute Gasteiger partial charge is 0.357 e. The molecule has 0 radical (unpaired) electrons. The lowest BCUT2D eigenvalue weighted by Gasteiger charge is -2.33. The fourth-order valence-corrected chi connectivity index (χ4v) is 4.46. The zero-order chi connectivity index (χ0) is 23.9. The zero-order valence-electron chi connectivity index (χ0n) is 19.3. The van der Waals surface area contributed by atoms with E-state index in [0.717, 1.165) is 19.7 Å². The molecular weight excluding hydrogens is 428 g/mol. The van der Waals surface area contributed by atoms with E-state index in [0.29, 0.717) is 12.1 Å². The van der Waals surface area contributed by atoms with Crippen LogP contribution < -0.4 is 9.62 Å². The molecule has 0 aliphatic rings. The van der Waals surface area contributed by atoms with E-state index < -0.39 is 28.7 Å². The lowest BCUT2D eigenvalue weighted by atomic mass is 10.1. The van der Waals surface area contributed by atoms with E-state index in [1.54, 1.807) is 30.3 Å². The molecule has 0 bridgehead atoms. The van der Waals surface area contributed by atoms with Crippen LogP contribution >= 0.6 is 0 Å². The molecule has 8 nitrogen and oxygen atoms in total. The van der Waals surface area contributed by atoms with Gasteiger partial charge in [-0.05, 0) is 31.0 Å². The molecule has 0 unspecified atom stereocenters. The van der Waals surface area contributed by atoms with Gasteiger partial charge in [0.25, 0.3) is 0 Å². The molecule has 1 atom stereocenters. The highest BCUT2D eigenvalue weighted by molar-refractivity contribution is 7.90. The Morgan fingerprint density at radius 3 is 2.22 bits per heavy atom. The van der Waals surface area contributed by atoms with E-state index in [-0.39, 0.29) is 12.5 Å². The van der Waals surface area contributed by atoms with Crippen molar-refractivity contribution in [1.82, 2.24) is 14.5 Å². The van der Waals surface area contributed by atoms with Crippen molar-refractivity contribution in [2.75, 3.05) is 32.0 Å². The van der Waals surface area contributed by atoms with Gasteiger partial charge in [0.05, 0.1) is 5.69 Å². The third-order valence-electron chi connectivity index (χ3n) is 5.13. The lowest BCUT2D eigenvalue weighted by molar-refractivity contribution is -0.140. The summed E-state index contributed by atoms with van der Waals surface area (Å²) >= 11 is 0. The van der Waals surface area contributed by atoms with Gasteiger partial charge in [-0.2, -0.15) is 12.7 Å². The minimum absolute atomic E-state index is 0.192. The first-order valence-corrected chi connectivity index (χ1v) is 11.8. The second-order valence-corrected chi connectivity index (χ2v) is 9.75. The Kier molecular flexibility index (Phi) is 8.80. The number of nitrogens with zero attached hydrogens (tertiary/aromatic N) is 3. The SMILES string of the molecule is CC[C@@H](C(=O)NC)N(Cc1cccc(C)c1)C(=O)CN(c1ccccc1)S(=O)(=O)N(C)C. The highest BCUT2D eigenvalue weighted by Gasteiger charge is 2.33. The van der Waals surface area contributed by atoms with Crippen molar-refractivity contribution < 1.29 is 18.0 Å². The third kappa shape index (κ3) is 6.08. The minimum Gasteiger partial charge on any atom is -0.357 e. The second-order valence-electron chi connectivity index (χ2n) is 7.68. The molecule has 2 aromatic carbocycles. The number of hydrogen-bond acceptors (Lipinski definition) is 4. The Morgan fingerprint density at radius 1 is 1.03 bits per heavy atom. The average Bonchev–Trinajstić information content (AvgIpc) is 2.77. The maximum Gasteiger partial charge on any atom is 0.304 e. The molecule has 0 fully saturated rings. The second kappa shape index (κ2) is 11.1. The van der Waals surface area contributed by atoms with E-state index in [1.165, 1.54) is 26.0 Å². The van der Waals surface area contributed by atoms with E-state index in [9.17, 15) is 18.0 Å². The van der Waals surface area contributed by atoms with Crippen molar-refractivity contribution in [1.29, 1.82) is 0 Å². The van der Waals surface area contributed by atoms with E-state index in [4.69, 9.17) is 0 Å². The van der Waals surface area contributed by atoms with Gasteiger partial charge in [0.1, 0.15) is 12.6 Å². The zero-order valence-corrected chi connectivity index (χ0v) is 20.1. The van der Waals surface area contributed by atoms with E-state index in [2.05, 4.69) is 5.32 Å². The molecule has 0 saturated carbocycles. The first kappa shape index (κ1) is 25.4. The maximum atomic E-state index is 13.5. The molecule has 2 aromatic rings. The van der Waals surface area contributed by atoms with Gasteiger partial charge in [-0.25, -0.2) is 4.31 Å². The molecule has 0 spiro atoms. The fourth-order valence-electron chi connectivity index (χ4n) is 3.40. The first-order valence-electron chi connectivity index (χ1n) is 10.4. The minimum atomic E-state index is -3.94. The molecule has 2 amide bonds. The number of para-hydroxylation sites is 1. The van der Waals surface area contributed by atoms with Crippen LogP contribution in [0.4, 0.5) is 5.69 Å². The van der Waals surface area contributed by atoms with Crippen LogP contribution in [0.2, 0.25) is 0 Å².